The quantitative estimate of drug-likeness (QED) is 0.893. The summed E-state index contributed by atoms with van der Waals surface area (Å²) in [4.78, 5) is 2.30. The van der Waals surface area contributed by atoms with Gasteiger partial charge in [-0.3, -0.25) is 4.90 Å². The second kappa shape index (κ2) is 5.31. The van der Waals surface area contributed by atoms with Crippen LogP contribution in [0.4, 0.5) is 0 Å². The first kappa shape index (κ1) is 13.8. The Morgan fingerprint density at radius 1 is 1.25 bits per heavy atom. The lowest BCUT2D eigenvalue weighted by Crippen LogP contribution is -2.55. The van der Waals surface area contributed by atoms with Crippen LogP contribution in [0.1, 0.15) is 18.5 Å². The molecule has 108 valence electrons. The normalized spacial score (nSPS) is 33.4. The van der Waals surface area contributed by atoms with Gasteiger partial charge in [0, 0.05) is 36.6 Å². The van der Waals surface area contributed by atoms with Crippen molar-refractivity contribution in [2.45, 2.75) is 25.0 Å². The maximum Gasteiger partial charge on any atom is 0.173 e. The molecule has 2 heterocycles. The molecule has 2 aliphatic heterocycles. The Morgan fingerprint density at radius 2 is 2.00 bits per heavy atom. The van der Waals surface area contributed by atoms with E-state index in [-0.39, 0.29) is 17.8 Å². The molecule has 0 spiro atoms. The average molecular weight is 292 g/mol. The highest BCUT2D eigenvalue weighted by Gasteiger charge is 2.34. The fraction of sp³-hybridized carbons (Fsp3) is 0.467. The third-order valence-electron chi connectivity index (χ3n) is 4.16. The minimum absolute atomic E-state index is 0.0170. The molecule has 20 heavy (non-hydrogen) atoms. The molecule has 0 aromatic heterocycles. The molecule has 4 nitrogen and oxygen atoms in total. The SMILES string of the molecule is CC1CNC(c2ccccc2)CN1C1C=CS(=O)(=O)C1. The first-order chi connectivity index (χ1) is 9.55. The first-order valence-corrected chi connectivity index (χ1v) is 8.72. The summed E-state index contributed by atoms with van der Waals surface area (Å²) in [7, 11) is -2.99. The standard InChI is InChI=1S/C15H20N2O2S/c1-12-9-16-15(13-5-3-2-4-6-13)10-17(12)14-7-8-20(18,19)11-14/h2-8,12,14-16H,9-11H2,1H3. The van der Waals surface area contributed by atoms with Crippen molar-refractivity contribution < 1.29 is 8.42 Å². The number of nitrogens with one attached hydrogen (secondary N) is 1. The molecular weight excluding hydrogens is 272 g/mol. The van der Waals surface area contributed by atoms with Crippen LogP contribution in [0.15, 0.2) is 41.8 Å². The summed E-state index contributed by atoms with van der Waals surface area (Å²) >= 11 is 0. The van der Waals surface area contributed by atoms with Crippen LogP contribution in [0.3, 0.4) is 0 Å². The van der Waals surface area contributed by atoms with Gasteiger partial charge in [0.15, 0.2) is 9.84 Å². The highest BCUT2D eigenvalue weighted by molar-refractivity contribution is 7.94. The van der Waals surface area contributed by atoms with Crippen molar-refractivity contribution in [2.75, 3.05) is 18.8 Å². The van der Waals surface area contributed by atoms with Crippen molar-refractivity contribution in [3.63, 3.8) is 0 Å². The van der Waals surface area contributed by atoms with E-state index in [0.717, 1.165) is 13.1 Å². The number of hydrogen-bond acceptors (Lipinski definition) is 4. The van der Waals surface area contributed by atoms with E-state index in [1.54, 1.807) is 0 Å². The molecule has 1 fully saturated rings. The lowest BCUT2D eigenvalue weighted by Gasteiger charge is -2.41. The van der Waals surface area contributed by atoms with Crippen LogP contribution in [-0.4, -0.2) is 44.2 Å². The van der Waals surface area contributed by atoms with Crippen molar-refractivity contribution in [1.82, 2.24) is 10.2 Å². The molecule has 3 unspecified atom stereocenters. The molecule has 1 aromatic carbocycles. The van der Waals surface area contributed by atoms with Crippen LogP contribution in [0, 0.1) is 0 Å². The zero-order chi connectivity index (χ0) is 14.2. The number of piperazine rings is 1. The van der Waals surface area contributed by atoms with E-state index in [1.165, 1.54) is 11.0 Å². The fourth-order valence-corrected chi connectivity index (χ4v) is 4.33. The zero-order valence-corrected chi connectivity index (χ0v) is 12.4. The molecule has 0 bridgehead atoms. The number of benzene rings is 1. The van der Waals surface area contributed by atoms with Gasteiger partial charge in [-0.2, -0.15) is 0 Å². The van der Waals surface area contributed by atoms with Gasteiger partial charge in [0.1, 0.15) is 0 Å². The number of sulfone groups is 1. The minimum Gasteiger partial charge on any atom is -0.307 e. The summed E-state index contributed by atoms with van der Waals surface area (Å²) in [6, 6.07) is 11.0. The smallest absolute Gasteiger partial charge is 0.173 e. The van der Waals surface area contributed by atoms with Gasteiger partial charge in [-0.15, -0.1) is 0 Å². The molecule has 0 aliphatic carbocycles. The Morgan fingerprint density at radius 3 is 2.65 bits per heavy atom. The molecule has 5 heteroatoms. The molecular formula is C15H20N2O2S. The predicted octanol–water partition coefficient (Wildman–Crippen LogP) is 1.33. The zero-order valence-electron chi connectivity index (χ0n) is 11.6. The second-order valence-corrected chi connectivity index (χ2v) is 7.57. The summed E-state index contributed by atoms with van der Waals surface area (Å²) < 4.78 is 23.2. The Balaban J connectivity index is 1.76. The summed E-state index contributed by atoms with van der Waals surface area (Å²) in [5, 5.41) is 4.91. The van der Waals surface area contributed by atoms with Crippen LogP contribution in [0.2, 0.25) is 0 Å². The lowest BCUT2D eigenvalue weighted by molar-refractivity contribution is 0.121. The van der Waals surface area contributed by atoms with Crippen molar-refractivity contribution in [1.29, 1.82) is 0 Å². The third-order valence-corrected chi connectivity index (χ3v) is 5.54. The van der Waals surface area contributed by atoms with Crippen LogP contribution >= 0.6 is 0 Å². The average Bonchev–Trinajstić information content (AvgIpc) is 2.80. The first-order valence-electron chi connectivity index (χ1n) is 7.00. The lowest BCUT2D eigenvalue weighted by atomic mass is 10.0. The fourth-order valence-electron chi connectivity index (χ4n) is 3.02. The van der Waals surface area contributed by atoms with Crippen molar-refractivity contribution in [2.24, 2.45) is 0 Å². The highest BCUT2D eigenvalue weighted by atomic mass is 32.2. The maximum atomic E-state index is 11.6. The van der Waals surface area contributed by atoms with Crippen LogP contribution in [-0.2, 0) is 9.84 Å². The van der Waals surface area contributed by atoms with Gasteiger partial charge < -0.3 is 5.32 Å². The van der Waals surface area contributed by atoms with E-state index < -0.39 is 9.84 Å². The monoisotopic (exact) mass is 292 g/mol. The molecule has 1 N–H and O–H groups in total. The van der Waals surface area contributed by atoms with Gasteiger partial charge in [0.05, 0.1) is 5.75 Å². The minimum atomic E-state index is -2.99. The number of hydrogen-bond donors (Lipinski definition) is 1. The molecule has 0 amide bonds. The molecule has 1 aromatic rings. The Labute approximate surface area is 120 Å². The van der Waals surface area contributed by atoms with Crippen molar-refractivity contribution in [3.05, 3.63) is 47.4 Å². The van der Waals surface area contributed by atoms with Gasteiger partial charge >= 0.3 is 0 Å². The Hall–Kier alpha value is -1.17. The van der Waals surface area contributed by atoms with Gasteiger partial charge in [0.25, 0.3) is 0 Å². The van der Waals surface area contributed by atoms with Crippen molar-refractivity contribution >= 4 is 9.84 Å². The van der Waals surface area contributed by atoms with E-state index in [1.807, 2.05) is 24.3 Å². The van der Waals surface area contributed by atoms with E-state index in [2.05, 4.69) is 29.3 Å². The van der Waals surface area contributed by atoms with Crippen LogP contribution in [0.5, 0.6) is 0 Å². The molecule has 3 atom stereocenters. The Bertz CT molecular complexity index is 598. The maximum absolute atomic E-state index is 11.6. The van der Waals surface area contributed by atoms with Crippen LogP contribution in [0.25, 0.3) is 0 Å². The van der Waals surface area contributed by atoms with E-state index in [4.69, 9.17) is 0 Å². The molecule has 2 aliphatic rings. The van der Waals surface area contributed by atoms with Crippen molar-refractivity contribution in [3.8, 4) is 0 Å². The molecule has 0 saturated carbocycles. The summed E-state index contributed by atoms with van der Waals surface area (Å²) in [5.74, 6) is 0.221. The van der Waals surface area contributed by atoms with Gasteiger partial charge in [-0.1, -0.05) is 36.4 Å². The van der Waals surface area contributed by atoms with Gasteiger partial charge in [0.2, 0.25) is 0 Å². The van der Waals surface area contributed by atoms with E-state index in [0.29, 0.717) is 6.04 Å². The Kier molecular flexibility index (Phi) is 3.67. The summed E-state index contributed by atoms with van der Waals surface area (Å²) in [5.41, 5.74) is 1.26. The van der Waals surface area contributed by atoms with E-state index >= 15 is 0 Å². The molecule has 0 radical (unpaired) electrons. The highest BCUT2D eigenvalue weighted by Crippen LogP contribution is 2.24. The number of rotatable bonds is 2. The number of nitrogens with zero attached hydrogens (tertiary/aromatic N) is 1. The van der Waals surface area contributed by atoms with Crippen LogP contribution < -0.4 is 5.32 Å². The molecule has 3 rings (SSSR count). The summed E-state index contributed by atoms with van der Waals surface area (Å²) in [6.45, 7) is 3.87. The topological polar surface area (TPSA) is 49.4 Å². The van der Waals surface area contributed by atoms with E-state index in [9.17, 15) is 8.42 Å². The third kappa shape index (κ3) is 2.80. The second-order valence-electron chi connectivity index (χ2n) is 5.64. The van der Waals surface area contributed by atoms with Gasteiger partial charge in [-0.25, -0.2) is 8.42 Å². The predicted molar refractivity (Wildman–Crippen MR) is 80.1 cm³/mol. The largest absolute Gasteiger partial charge is 0.307 e. The summed E-state index contributed by atoms with van der Waals surface area (Å²) in [6.07, 6.45) is 1.83. The molecule has 1 saturated heterocycles. The van der Waals surface area contributed by atoms with Gasteiger partial charge in [-0.05, 0) is 12.5 Å².